The zero-order valence-electron chi connectivity index (χ0n) is 2.24. The summed E-state index contributed by atoms with van der Waals surface area (Å²) in [6.07, 6.45) is 0.364. The minimum atomic E-state index is -0.231. The highest BCUT2D eigenvalue weighted by molar-refractivity contribution is 6.60. The van der Waals surface area contributed by atoms with Crippen LogP contribution in [0.25, 0.3) is 0 Å². The second kappa shape index (κ2) is 2.49. The first-order valence-electron chi connectivity index (χ1n) is 0.902. The van der Waals surface area contributed by atoms with Crippen LogP contribution >= 0.6 is 23.2 Å². The third-order valence-electron chi connectivity index (χ3n) is 0.0891. The van der Waals surface area contributed by atoms with Gasteiger partial charge in [0.15, 0.2) is 6.29 Å². The molecular formula is C2HCl2O. The van der Waals surface area contributed by atoms with Gasteiger partial charge in [-0.1, -0.05) is 23.2 Å². The van der Waals surface area contributed by atoms with E-state index in [1.54, 1.807) is 0 Å². The highest BCUT2D eigenvalue weighted by Crippen LogP contribution is 2.04. The molecule has 1 radical (unpaired) electrons. The van der Waals surface area contributed by atoms with Crippen molar-refractivity contribution in [1.82, 2.24) is 0 Å². The van der Waals surface area contributed by atoms with Crippen LogP contribution in [0.2, 0.25) is 0 Å². The Bertz CT molecular complexity index is 34.6. The predicted molar refractivity (Wildman–Crippen MR) is 21.0 cm³/mol. The normalized spacial score (nSPS) is 8.60. The first kappa shape index (κ1) is 5.25. The Balaban J connectivity index is 2.83. The van der Waals surface area contributed by atoms with Gasteiger partial charge in [-0.3, -0.25) is 4.79 Å². The van der Waals surface area contributed by atoms with E-state index in [4.69, 9.17) is 23.2 Å². The number of hydrogen-bond acceptors (Lipinski definition) is 1. The van der Waals surface area contributed by atoms with Crippen molar-refractivity contribution in [1.29, 1.82) is 0 Å². The fraction of sp³-hybridized carbons (Fsp3) is 0. The molecule has 0 aliphatic carbocycles. The lowest BCUT2D eigenvalue weighted by Gasteiger charge is -1.70. The van der Waals surface area contributed by atoms with Crippen LogP contribution in [0.3, 0.4) is 0 Å². The smallest absolute Gasteiger partial charge is 0.212 e. The molecule has 3 heteroatoms. The third-order valence-corrected chi connectivity index (χ3v) is 0.267. The van der Waals surface area contributed by atoms with E-state index in [2.05, 4.69) is 0 Å². The quantitative estimate of drug-likeness (QED) is 0.465. The van der Waals surface area contributed by atoms with Gasteiger partial charge >= 0.3 is 0 Å². The molecule has 0 aliphatic rings. The Kier molecular flexibility index (Phi) is 2.61. The van der Waals surface area contributed by atoms with E-state index in [-0.39, 0.29) is 4.84 Å². The van der Waals surface area contributed by atoms with Crippen molar-refractivity contribution < 1.29 is 4.79 Å². The third kappa shape index (κ3) is 4.25. The zero-order valence-corrected chi connectivity index (χ0v) is 3.75. The summed E-state index contributed by atoms with van der Waals surface area (Å²) in [5, 5.41) is 0. The molecule has 29 valence electrons. The van der Waals surface area contributed by atoms with Gasteiger partial charge in [0, 0.05) is 0 Å². The van der Waals surface area contributed by atoms with E-state index in [0.717, 1.165) is 0 Å². The first-order chi connectivity index (χ1) is 2.27. The van der Waals surface area contributed by atoms with Crippen LogP contribution in [0.4, 0.5) is 0 Å². The molecule has 0 aromatic heterocycles. The second-order valence-corrected chi connectivity index (χ2v) is 1.42. The topological polar surface area (TPSA) is 17.1 Å². The minimum Gasteiger partial charge on any atom is -0.300 e. The summed E-state index contributed by atoms with van der Waals surface area (Å²) in [5.74, 6) is 0. The molecular weight excluding hydrogens is 111 g/mol. The van der Waals surface area contributed by atoms with Gasteiger partial charge in [0.1, 0.15) is 0 Å². The van der Waals surface area contributed by atoms with Crippen molar-refractivity contribution >= 4 is 29.5 Å². The van der Waals surface area contributed by atoms with Crippen molar-refractivity contribution in [3.8, 4) is 0 Å². The number of carbonyl (C=O) groups excluding carboxylic acids is 1. The summed E-state index contributed by atoms with van der Waals surface area (Å²) in [7, 11) is 0. The average molecular weight is 112 g/mol. The lowest BCUT2D eigenvalue weighted by Crippen LogP contribution is -1.68. The maximum atomic E-state index is 9.20. The van der Waals surface area contributed by atoms with Gasteiger partial charge in [-0.25, -0.2) is 0 Å². The van der Waals surface area contributed by atoms with Crippen LogP contribution in [0.15, 0.2) is 0 Å². The van der Waals surface area contributed by atoms with Gasteiger partial charge in [0.2, 0.25) is 4.84 Å². The van der Waals surface area contributed by atoms with Gasteiger partial charge in [-0.05, 0) is 0 Å². The number of hydrogen-bond donors (Lipinski definition) is 0. The van der Waals surface area contributed by atoms with Crippen LogP contribution < -0.4 is 0 Å². The SMILES string of the molecule is O=C[C](Cl)Cl. The van der Waals surface area contributed by atoms with Crippen LogP contribution in [-0.4, -0.2) is 6.29 Å². The van der Waals surface area contributed by atoms with E-state index >= 15 is 0 Å². The fourth-order valence-electron chi connectivity index (χ4n) is 0. The highest BCUT2D eigenvalue weighted by atomic mass is 35.5. The van der Waals surface area contributed by atoms with E-state index in [1.165, 1.54) is 0 Å². The molecule has 0 bridgehead atoms. The van der Waals surface area contributed by atoms with Gasteiger partial charge in [-0.2, -0.15) is 0 Å². The molecule has 0 fully saturated rings. The Morgan fingerprint density at radius 3 is 1.80 bits per heavy atom. The predicted octanol–water partition coefficient (Wildman–Crippen LogP) is 1.15. The monoisotopic (exact) mass is 111 g/mol. The first-order valence-corrected chi connectivity index (χ1v) is 1.66. The zero-order chi connectivity index (χ0) is 4.28. The van der Waals surface area contributed by atoms with Crippen LogP contribution in [-0.2, 0) is 4.79 Å². The van der Waals surface area contributed by atoms with Gasteiger partial charge < -0.3 is 0 Å². The van der Waals surface area contributed by atoms with Gasteiger partial charge in [-0.15, -0.1) is 0 Å². The largest absolute Gasteiger partial charge is 0.300 e. The number of halogens is 2. The molecule has 0 atom stereocenters. The number of rotatable bonds is 1. The lowest BCUT2D eigenvalue weighted by atomic mass is 10.9. The van der Waals surface area contributed by atoms with Crippen LogP contribution in [0.5, 0.6) is 0 Å². The molecule has 0 saturated heterocycles. The molecule has 5 heavy (non-hydrogen) atoms. The van der Waals surface area contributed by atoms with E-state index < -0.39 is 0 Å². The standard InChI is InChI=1S/C2HCl2O/c3-2(4)1-5/h1H. The molecule has 0 spiro atoms. The van der Waals surface area contributed by atoms with Crippen molar-refractivity contribution in [2.24, 2.45) is 0 Å². The van der Waals surface area contributed by atoms with E-state index in [0.29, 0.717) is 6.29 Å². The minimum absolute atomic E-state index is 0.231. The summed E-state index contributed by atoms with van der Waals surface area (Å²) in [4.78, 5) is 8.97. The summed E-state index contributed by atoms with van der Waals surface area (Å²) >= 11 is 9.55. The highest BCUT2D eigenvalue weighted by Gasteiger charge is 1.89. The average Bonchev–Trinajstić information content (AvgIpc) is 1.38. The summed E-state index contributed by atoms with van der Waals surface area (Å²) in [5.41, 5.74) is 0. The van der Waals surface area contributed by atoms with Gasteiger partial charge in [0.05, 0.1) is 0 Å². The van der Waals surface area contributed by atoms with E-state index in [1.807, 2.05) is 0 Å². The molecule has 0 saturated carbocycles. The molecule has 0 aromatic carbocycles. The molecule has 0 heterocycles. The van der Waals surface area contributed by atoms with Crippen LogP contribution in [0, 0.1) is 4.84 Å². The van der Waals surface area contributed by atoms with Gasteiger partial charge in [0.25, 0.3) is 0 Å². The number of carbonyl (C=O) groups is 1. The summed E-state index contributed by atoms with van der Waals surface area (Å²) in [6, 6.07) is 0. The molecule has 1 nitrogen and oxygen atoms in total. The second-order valence-electron chi connectivity index (χ2n) is 0.407. The molecule has 0 amide bonds. The Morgan fingerprint density at radius 2 is 1.80 bits per heavy atom. The summed E-state index contributed by atoms with van der Waals surface area (Å²) in [6.45, 7) is 0. The molecule has 0 rings (SSSR count). The van der Waals surface area contributed by atoms with Crippen molar-refractivity contribution in [3.63, 3.8) is 0 Å². The molecule has 0 unspecified atom stereocenters. The van der Waals surface area contributed by atoms with Crippen molar-refractivity contribution in [2.45, 2.75) is 0 Å². The fourth-order valence-corrected chi connectivity index (χ4v) is 0. The number of aldehydes is 1. The van der Waals surface area contributed by atoms with Crippen molar-refractivity contribution in [2.75, 3.05) is 0 Å². The Labute approximate surface area is 39.9 Å². The maximum Gasteiger partial charge on any atom is 0.212 e. The molecule has 0 N–H and O–H groups in total. The molecule has 0 aromatic rings. The van der Waals surface area contributed by atoms with E-state index in [9.17, 15) is 4.79 Å². The lowest BCUT2D eigenvalue weighted by molar-refractivity contribution is -0.105. The summed E-state index contributed by atoms with van der Waals surface area (Å²) < 4.78 is 0. The maximum absolute atomic E-state index is 9.20. The van der Waals surface area contributed by atoms with Crippen LogP contribution in [0.1, 0.15) is 0 Å². The van der Waals surface area contributed by atoms with Crippen molar-refractivity contribution in [3.05, 3.63) is 4.84 Å². The Morgan fingerprint density at radius 1 is 1.60 bits per heavy atom. The Hall–Kier alpha value is 0.250. The molecule has 0 aliphatic heterocycles.